The van der Waals surface area contributed by atoms with E-state index >= 15 is 0 Å². The summed E-state index contributed by atoms with van der Waals surface area (Å²) in [6.45, 7) is 0.638. The lowest BCUT2D eigenvalue weighted by Crippen LogP contribution is -2.26. The highest BCUT2D eigenvalue weighted by Gasteiger charge is 2.26. The molecule has 0 atom stereocenters. The Kier molecular flexibility index (Phi) is 6.72. The van der Waals surface area contributed by atoms with Gasteiger partial charge >= 0.3 is 0 Å². The molecule has 8 heteroatoms. The summed E-state index contributed by atoms with van der Waals surface area (Å²) >= 11 is 1.49. The quantitative estimate of drug-likeness (QED) is 0.407. The van der Waals surface area contributed by atoms with Crippen LogP contribution in [-0.4, -0.2) is 21.4 Å². The number of aromatic nitrogens is 2. The molecule has 2 heterocycles. The van der Waals surface area contributed by atoms with E-state index in [0.717, 1.165) is 36.8 Å². The van der Waals surface area contributed by atoms with Crippen LogP contribution in [0.15, 0.2) is 65.7 Å². The number of fused-ring (bicyclic) bond motifs is 2. The van der Waals surface area contributed by atoms with E-state index in [9.17, 15) is 14.4 Å². The second-order valence-electron chi connectivity index (χ2n) is 8.64. The van der Waals surface area contributed by atoms with Gasteiger partial charge in [0.05, 0.1) is 22.8 Å². The summed E-state index contributed by atoms with van der Waals surface area (Å²) in [5.74, 6) is -0.403. The average Bonchev–Trinajstić information content (AvgIpc) is 3.25. The Labute approximate surface area is 206 Å². The third-order valence-electron chi connectivity index (χ3n) is 6.26. The van der Waals surface area contributed by atoms with Crippen molar-refractivity contribution in [3.05, 3.63) is 92.8 Å². The van der Waals surface area contributed by atoms with E-state index in [1.807, 2.05) is 36.4 Å². The molecule has 0 fully saturated rings. The number of hydrogen-bond donors (Lipinski definition) is 2. The monoisotopic (exact) mass is 486 g/mol. The maximum atomic E-state index is 13.2. The predicted molar refractivity (Wildman–Crippen MR) is 138 cm³/mol. The van der Waals surface area contributed by atoms with Gasteiger partial charge < -0.3 is 10.6 Å². The highest BCUT2D eigenvalue weighted by Crippen LogP contribution is 2.38. The Bertz CT molecular complexity index is 1440. The maximum Gasteiger partial charge on any atom is 0.261 e. The second kappa shape index (κ2) is 10.2. The van der Waals surface area contributed by atoms with Gasteiger partial charge in [0.25, 0.3) is 11.5 Å². The molecule has 1 aliphatic carbocycles. The van der Waals surface area contributed by atoms with Crippen molar-refractivity contribution < 1.29 is 9.59 Å². The fourth-order valence-electron chi connectivity index (χ4n) is 4.44. The lowest BCUT2D eigenvalue weighted by Gasteiger charge is -2.13. The highest BCUT2D eigenvalue weighted by atomic mass is 32.1. The molecule has 2 amide bonds. The molecule has 0 saturated heterocycles. The number of carbonyl (C=O) groups excluding carboxylic acids is 2. The summed E-state index contributed by atoms with van der Waals surface area (Å²) < 4.78 is 1.45. The van der Waals surface area contributed by atoms with Crippen LogP contribution in [0.1, 0.15) is 45.6 Å². The Morgan fingerprint density at radius 3 is 2.63 bits per heavy atom. The number of hydrogen-bond acceptors (Lipinski definition) is 5. The zero-order chi connectivity index (χ0) is 24.2. The number of benzene rings is 2. The van der Waals surface area contributed by atoms with Crippen LogP contribution >= 0.6 is 11.3 Å². The Morgan fingerprint density at radius 2 is 1.77 bits per heavy atom. The molecule has 2 aromatic carbocycles. The molecule has 0 aliphatic heterocycles. The molecule has 1 aliphatic rings. The molecule has 4 aromatic rings. The molecule has 7 nitrogen and oxygen atoms in total. The summed E-state index contributed by atoms with van der Waals surface area (Å²) in [7, 11) is 0. The smallest absolute Gasteiger partial charge is 0.261 e. The van der Waals surface area contributed by atoms with Gasteiger partial charge in [0.2, 0.25) is 5.91 Å². The Balaban J connectivity index is 1.31. The summed E-state index contributed by atoms with van der Waals surface area (Å²) in [5, 5.41) is 7.09. The number of carbonyl (C=O) groups is 2. The zero-order valence-electron chi connectivity index (χ0n) is 19.3. The third kappa shape index (κ3) is 5.02. The SMILES string of the molecule is O=C(CCn1cnc2ccccc2c1=O)Nc1sc2c(c1C(=O)NCc1ccccc1)CCCC2. The van der Waals surface area contributed by atoms with Crippen molar-refractivity contribution >= 4 is 39.1 Å². The lowest BCUT2D eigenvalue weighted by molar-refractivity contribution is -0.116. The fraction of sp³-hybridized carbons (Fsp3) is 0.259. The van der Waals surface area contributed by atoms with Crippen molar-refractivity contribution in [1.82, 2.24) is 14.9 Å². The number of amides is 2. The first-order chi connectivity index (χ1) is 17.1. The summed E-state index contributed by atoms with van der Waals surface area (Å²) in [5.41, 5.74) is 3.12. The molecule has 0 bridgehead atoms. The third-order valence-corrected chi connectivity index (χ3v) is 7.47. The van der Waals surface area contributed by atoms with E-state index < -0.39 is 0 Å². The molecule has 0 spiro atoms. The minimum Gasteiger partial charge on any atom is -0.348 e. The average molecular weight is 487 g/mol. The van der Waals surface area contributed by atoms with Crippen LogP contribution in [0.5, 0.6) is 0 Å². The normalized spacial score (nSPS) is 12.8. The maximum absolute atomic E-state index is 13.2. The van der Waals surface area contributed by atoms with Crippen LogP contribution in [0, 0.1) is 0 Å². The van der Waals surface area contributed by atoms with E-state index in [2.05, 4.69) is 15.6 Å². The molecule has 0 saturated carbocycles. The van der Waals surface area contributed by atoms with Crippen molar-refractivity contribution in [2.24, 2.45) is 0 Å². The Morgan fingerprint density at radius 1 is 1.00 bits per heavy atom. The fourth-order valence-corrected chi connectivity index (χ4v) is 5.74. The Hall–Kier alpha value is -3.78. The first-order valence-corrected chi connectivity index (χ1v) is 12.6. The topological polar surface area (TPSA) is 93.1 Å². The van der Waals surface area contributed by atoms with Crippen molar-refractivity contribution in [3.63, 3.8) is 0 Å². The molecule has 2 N–H and O–H groups in total. The molecule has 2 aromatic heterocycles. The predicted octanol–water partition coefficient (Wildman–Crippen LogP) is 4.30. The van der Waals surface area contributed by atoms with Gasteiger partial charge in [-0.05, 0) is 48.9 Å². The number of nitrogens with zero attached hydrogens (tertiary/aromatic N) is 2. The van der Waals surface area contributed by atoms with Crippen LogP contribution in [0.25, 0.3) is 10.9 Å². The number of thiophene rings is 1. The molecule has 178 valence electrons. The van der Waals surface area contributed by atoms with Crippen LogP contribution in [0.4, 0.5) is 5.00 Å². The number of rotatable bonds is 7. The first kappa shape index (κ1) is 23.0. The molecule has 0 unspecified atom stereocenters. The largest absolute Gasteiger partial charge is 0.348 e. The second-order valence-corrected chi connectivity index (χ2v) is 9.75. The molecule has 35 heavy (non-hydrogen) atoms. The summed E-state index contributed by atoms with van der Waals surface area (Å²) in [6.07, 6.45) is 5.47. The molecular weight excluding hydrogens is 460 g/mol. The van der Waals surface area contributed by atoms with Gasteiger partial charge in [-0.25, -0.2) is 4.98 Å². The van der Waals surface area contributed by atoms with Crippen molar-refractivity contribution in [2.75, 3.05) is 5.32 Å². The molecular formula is C27H26N4O3S. The zero-order valence-corrected chi connectivity index (χ0v) is 20.1. The van der Waals surface area contributed by atoms with Gasteiger partial charge in [-0.3, -0.25) is 19.0 Å². The van der Waals surface area contributed by atoms with E-state index in [4.69, 9.17) is 0 Å². The standard InChI is InChI=1S/C27H26N4O3S/c32-23(14-15-31-17-29-21-12-6-4-10-19(21)27(31)34)30-26-24(20-11-5-7-13-22(20)35-26)25(33)28-16-18-8-2-1-3-9-18/h1-4,6,8-10,12,17H,5,7,11,13-16H2,(H,28,33)(H,30,32). The van der Waals surface area contributed by atoms with Crippen molar-refractivity contribution in [3.8, 4) is 0 Å². The van der Waals surface area contributed by atoms with Gasteiger partial charge in [0.15, 0.2) is 0 Å². The van der Waals surface area contributed by atoms with E-state index in [1.54, 1.807) is 18.2 Å². The van der Waals surface area contributed by atoms with Crippen molar-refractivity contribution in [2.45, 2.75) is 45.2 Å². The van der Waals surface area contributed by atoms with Crippen LogP contribution in [0.2, 0.25) is 0 Å². The molecule has 5 rings (SSSR count). The van der Waals surface area contributed by atoms with Gasteiger partial charge in [-0.2, -0.15) is 0 Å². The summed E-state index contributed by atoms with van der Waals surface area (Å²) in [4.78, 5) is 44.2. The van der Waals surface area contributed by atoms with E-state index in [1.165, 1.54) is 27.1 Å². The van der Waals surface area contributed by atoms with Crippen molar-refractivity contribution in [1.29, 1.82) is 0 Å². The van der Waals surface area contributed by atoms with Gasteiger partial charge in [0.1, 0.15) is 5.00 Å². The number of aryl methyl sites for hydroxylation is 2. The first-order valence-electron chi connectivity index (χ1n) is 11.8. The number of anilines is 1. The summed E-state index contributed by atoms with van der Waals surface area (Å²) in [6, 6.07) is 16.9. The van der Waals surface area contributed by atoms with Gasteiger partial charge in [-0.15, -0.1) is 11.3 Å². The minimum absolute atomic E-state index is 0.105. The van der Waals surface area contributed by atoms with Crippen LogP contribution < -0.4 is 16.2 Å². The van der Waals surface area contributed by atoms with Gasteiger partial charge in [0, 0.05) is 24.4 Å². The lowest BCUT2D eigenvalue weighted by atomic mass is 9.95. The highest BCUT2D eigenvalue weighted by molar-refractivity contribution is 7.17. The number of para-hydroxylation sites is 1. The molecule has 0 radical (unpaired) electrons. The van der Waals surface area contributed by atoms with Gasteiger partial charge in [-0.1, -0.05) is 42.5 Å². The number of nitrogens with one attached hydrogen (secondary N) is 2. The van der Waals surface area contributed by atoms with Crippen LogP contribution in [0.3, 0.4) is 0 Å². The van der Waals surface area contributed by atoms with E-state index in [0.29, 0.717) is 28.0 Å². The van der Waals surface area contributed by atoms with E-state index in [-0.39, 0.29) is 30.3 Å². The van der Waals surface area contributed by atoms with Crippen LogP contribution in [-0.2, 0) is 30.7 Å². The minimum atomic E-state index is -0.235.